The third-order valence-electron chi connectivity index (χ3n) is 7.76. The first-order valence-corrected chi connectivity index (χ1v) is 14.3. The molecule has 0 aliphatic rings. The largest absolute Gasteiger partial charge is 0.245 e. The first-order valence-electron chi connectivity index (χ1n) is 14.3. The molecule has 0 aliphatic carbocycles. The van der Waals surface area contributed by atoms with Crippen molar-refractivity contribution in [3.05, 3.63) is 145 Å². The molecule has 200 valence electrons. The number of rotatable bonds is 5. The van der Waals surface area contributed by atoms with Crippen LogP contribution in [0.5, 0.6) is 0 Å². The maximum absolute atomic E-state index is 5.30. The molecule has 7 rings (SSSR count). The van der Waals surface area contributed by atoms with Gasteiger partial charge in [-0.05, 0) is 47.9 Å². The van der Waals surface area contributed by atoms with Crippen LogP contribution < -0.4 is 0 Å². The SMILES string of the molecule is C/C=C\C(=C/C)c1nc(-c2cccc3ccccc23)c2ccc3c(-c4ccccc4)cc(-c4ccccc4)nc3c2n1. The second-order valence-electron chi connectivity index (χ2n) is 10.3. The van der Waals surface area contributed by atoms with Crippen molar-refractivity contribution in [3.8, 4) is 33.6 Å². The van der Waals surface area contributed by atoms with E-state index in [1.54, 1.807) is 0 Å². The zero-order valence-corrected chi connectivity index (χ0v) is 23.6. The number of fused-ring (bicyclic) bond motifs is 4. The zero-order valence-electron chi connectivity index (χ0n) is 23.6. The van der Waals surface area contributed by atoms with Crippen LogP contribution in [-0.2, 0) is 0 Å². The van der Waals surface area contributed by atoms with E-state index in [0.29, 0.717) is 5.82 Å². The molecule has 0 aliphatic heterocycles. The molecule has 0 saturated carbocycles. The summed E-state index contributed by atoms with van der Waals surface area (Å²) in [5.74, 6) is 0.687. The molecule has 0 atom stereocenters. The van der Waals surface area contributed by atoms with Crippen molar-refractivity contribution in [2.24, 2.45) is 0 Å². The van der Waals surface area contributed by atoms with Crippen molar-refractivity contribution in [2.75, 3.05) is 0 Å². The lowest BCUT2D eigenvalue weighted by Crippen LogP contribution is -2.00. The number of nitrogens with zero attached hydrogens (tertiary/aromatic N) is 3. The smallest absolute Gasteiger partial charge is 0.160 e. The van der Waals surface area contributed by atoms with Crippen LogP contribution in [0.1, 0.15) is 19.7 Å². The van der Waals surface area contributed by atoms with Gasteiger partial charge in [-0.15, -0.1) is 0 Å². The van der Waals surface area contributed by atoms with E-state index in [1.165, 1.54) is 5.39 Å². The molecule has 7 aromatic rings. The molecule has 0 amide bonds. The van der Waals surface area contributed by atoms with E-state index >= 15 is 0 Å². The van der Waals surface area contributed by atoms with Crippen LogP contribution in [0.25, 0.3) is 71.8 Å². The van der Waals surface area contributed by atoms with E-state index in [4.69, 9.17) is 15.0 Å². The van der Waals surface area contributed by atoms with Gasteiger partial charge in [-0.1, -0.05) is 127 Å². The molecule has 0 radical (unpaired) electrons. The van der Waals surface area contributed by atoms with Gasteiger partial charge in [0.05, 0.1) is 16.9 Å². The van der Waals surface area contributed by atoms with Gasteiger partial charge in [0.2, 0.25) is 0 Å². The summed E-state index contributed by atoms with van der Waals surface area (Å²) in [6.45, 7) is 4.05. The van der Waals surface area contributed by atoms with Gasteiger partial charge in [0, 0.05) is 27.5 Å². The minimum absolute atomic E-state index is 0.687. The van der Waals surface area contributed by atoms with Crippen molar-refractivity contribution in [1.29, 1.82) is 0 Å². The standard InChI is InChI=1S/C39H29N3/c1-3-14-26(4-2)39-41-36(31-22-13-20-27-17-11-12-21-30(27)31)33-24-23-32-34(28-15-7-5-8-16-28)25-35(29-18-9-6-10-19-29)40-37(32)38(33)42-39/h3-25H,1-2H3/b14-3-,26-4+. The molecular weight excluding hydrogens is 510 g/mol. The van der Waals surface area contributed by atoms with Crippen molar-refractivity contribution in [2.45, 2.75) is 13.8 Å². The Morgan fingerprint density at radius 3 is 1.98 bits per heavy atom. The summed E-state index contributed by atoms with van der Waals surface area (Å²) in [6.07, 6.45) is 6.16. The van der Waals surface area contributed by atoms with Crippen LogP contribution in [0, 0.1) is 0 Å². The minimum Gasteiger partial charge on any atom is -0.245 e. The molecule has 3 nitrogen and oxygen atoms in total. The Bertz CT molecular complexity index is 2140. The maximum atomic E-state index is 5.30. The Morgan fingerprint density at radius 2 is 1.21 bits per heavy atom. The summed E-state index contributed by atoms with van der Waals surface area (Å²) in [5.41, 5.74) is 8.95. The Morgan fingerprint density at radius 1 is 0.548 bits per heavy atom. The molecular formula is C39H29N3. The van der Waals surface area contributed by atoms with E-state index in [-0.39, 0.29) is 0 Å². The lowest BCUT2D eigenvalue weighted by Gasteiger charge is -2.15. The maximum Gasteiger partial charge on any atom is 0.160 e. The van der Waals surface area contributed by atoms with Gasteiger partial charge in [-0.3, -0.25) is 0 Å². The number of benzene rings is 5. The quantitative estimate of drug-likeness (QED) is 0.161. The molecule has 2 aromatic heterocycles. The molecule has 0 unspecified atom stereocenters. The van der Waals surface area contributed by atoms with Gasteiger partial charge in [0.25, 0.3) is 0 Å². The van der Waals surface area contributed by atoms with E-state index in [9.17, 15) is 0 Å². The van der Waals surface area contributed by atoms with Crippen LogP contribution >= 0.6 is 0 Å². The average Bonchev–Trinajstić information content (AvgIpc) is 3.06. The molecule has 2 heterocycles. The van der Waals surface area contributed by atoms with Gasteiger partial charge < -0.3 is 0 Å². The first kappa shape index (κ1) is 25.6. The lowest BCUT2D eigenvalue weighted by molar-refractivity contribution is 1.17. The Hall–Kier alpha value is -5.41. The molecule has 0 spiro atoms. The number of pyridine rings is 1. The van der Waals surface area contributed by atoms with Crippen LogP contribution in [0.4, 0.5) is 0 Å². The zero-order chi connectivity index (χ0) is 28.5. The van der Waals surface area contributed by atoms with Crippen LogP contribution in [-0.4, -0.2) is 15.0 Å². The topological polar surface area (TPSA) is 38.7 Å². The van der Waals surface area contributed by atoms with Gasteiger partial charge in [-0.2, -0.15) is 0 Å². The third-order valence-corrected chi connectivity index (χ3v) is 7.76. The summed E-state index contributed by atoms with van der Waals surface area (Å²) >= 11 is 0. The van der Waals surface area contributed by atoms with Crippen LogP contribution in [0.2, 0.25) is 0 Å². The highest BCUT2D eigenvalue weighted by molar-refractivity contribution is 6.14. The number of hydrogen-bond acceptors (Lipinski definition) is 3. The van der Waals surface area contributed by atoms with Crippen molar-refractivity contribution in [1.82, 2.24) is 15.0 Å². The molecule has 5 aromatic carbocycles. The third kappa shape index (κ3) is 4.46. The predicted molar refractivity (Wildman–Crippen MR) is 177 cm³/mol. The highest BCUT2D eigenvalue weighted by atomic mass is 14.9. The summed E-state index contributed by atoms with van der Waals surface area (Å²) in [4.78, 5) is 15.8. The number of aromatic nitrogens is 3. The van der Waals surface area contributed by atoms with E-state index < -0.39 is 0 Å². The number of allylic oxidation sites excluding steroid dienone is 4. The van der Waals surface area contributed by atoms with Crippen molar-refractivity contribution >= 4 is 38.2 Å². The normalized spacial score (nSPS) is 12.1. The minimum atomic E-state index is 0.687. The van der Waals surface area contributed by atoms with E-state index in [2.05, 4.69) is 127 Å². The Kier molecular flexibility index (Phi) is 6.61. The highest BCUT2D eigenvalue weighted by Crippen LogP contribution is 2.39. The molecule has 0 bridgehead atoms. The predicted octanol–water partition coefficient (Wildman–Crippen LogP) is 10.3. The summed E-state index contributed by atoms with van der Waals surface area (Å²) < 4.78 is 0. The van der Waals surface area contributed by atoms with Crippen LogP contribution in [0.15, 0.2) is 140 Å². The van der Waals surface area contributed by atoms with Gasteiger partial charge in [0.15, 0.2) is 5.82 Å². The highest BCUT2D eigenvalue weighted by Gasteiger charge is 2.19. The van der Waals surface area contributed by atoms with Gasteiger partial charge >= 0.3 is 0 Å². The Balaban J connectivity index is 1.64. The summed E-state index contributed by atoms with van der Waals surface area (Å²) in [5, 5.41) is 4.39. The Labute approximate surface area is 245 Å². The van der Waals surface area contributed by atoms with Crippen LogP contribution in [0.3, 0.4) is 0 Å². The fraction of sp³-hybridized carbons (Fsp3) is 0.0513. The first-order chi connectivity index (χ1) is 20.7. The second-order valence-corrected chi connectivity index (χ2v) is 10.3. The summed E-state index contributed by atoms with van der Waals surface area (Å²) in [6, 6.07) is 42.3. The molecule has 3 heteroatoms. The lowest BCUT2D eigenvalue weighted by atomic mass is 9.95. The number of hydrogen-bond donors (Lipinski definition) is 0. The summed E-state index contributed by atoms with van der Waals surface area (Å²) in [7, 11) is 0. The van der Waals surface area contributed by atoms with Crippen molar-refractivity contribution in [3.63, 3.8) is 0 Å². The monoisotopic (exact) mass is 539 g/mol. The molecule has 42 heavy (non-hydrogen) atoms. The fourth-order valence-electron chi connectivity index (χ4n) is 5.74. The molecule has 0 saturated heterocycles. The molecule has 0 N–H and O–H groups in total. The fourth-order valence-corrected chi connectivity index (χ4v) is 5.74. The average molecular weight is 540 g/mol. The van der Waals surface area contributed by atoms with E-state index in [1.807, 2.05) is 26.0 Å². The van der Waals surface area contributed by atoms with Crippen molar-refractivity contribution < 1.29 is 0 Å². The van der Waals surface area contributed by atoms with Gasteiger partial charge in [0.1, 0.15) is 5.52 Å². The second kappa shape index (κ2) is 10.9. The van der Waals surface area contributed by atoms with Gasteiger partial charge in [-0.25, -0.2) is 15.0 Å². The molecule has 0 fully saturated rings. The van der Waals surface area contributed by atoms with E-state index in [0.717, 1.165) is 66.4 Å².